The number of hydrogen-bond acceptors (Lipinski definition) is 4. The number of rotatable bonds is 4. The molecule has 62 valence electrons. The van der Waals surface area contributed by atoms with E-state index in [1.165, 1.54) is 0 Å². The van der Waals surface area contributed by atoms with Crippen LogP contribution in [0, 0.1) is 0 Å². The zero-order valence-electron chi connectivity index (χ0n) is 6.32. The molecule has 3 atom stereocenters. The molecule has 0 bridgehead atoms. The molecule has 0 fully saturated rings. The fourth-order valence-corrected chi connectivity index (χ4v) is 0.405. The van der Waals surface area contributed by atoms with Crippen molar-refractivity contribution in [3.63, 3.8) is 0 Å². The first-order valence-electron chi connectivity index (χ1n) is 3.28. The molecule has 4 N–H and O–H groups in total. The summed E-state index contributed by atoms with van der Waals surface area (Å²) < 4.78 is 4.84. The van der Waals surface area contributed by atoms with Gasteiger partial charge in [-0.25, -0.2) is 0 Å². The summed E-state index contributed by atoms with van der Waals surface area (Å²) in [5.74, 6) is 0. The van der Waals surface area contributed by atoms with Crippen LogP contribution in [0.3, 0.4) is 0 Å². The molecule has 0 aliphatic rings. The van der Waals surface area contributed by atoms with Crippen LogP contribution in [0.5, 0.6) is 0 Å². The minimum atomic E-state index is -0.984. The van der Waals surface area contributed by atoms with Crippen molar-refractivity contribution in [1.29, 1.82) is 0 Å². The molecule has 4 heteroatoms. The molecule has 0 aliphatic carbocycles. The SMILES string of the molecule is CC(CO)OC(O)[C@H](C)N. The Bertz CT molecular complexity index is 87.1. The Hall–Kier alpha value is -0.160. The summed E-state index contributed by atoms with van der Waals surface area (Å²) in [6, 6.07) is -0.422. The van der Waals surface area contributed by atoms with Gasteiger partial charge in [0.2, 0.25) is 0 Å². The van der Waals surface area contributed by atoms with Crippen LogP contribution in [0.1, 0.15) is 13.8 Å². The minimum Gasteiger partial charge on any atom is -0.394 e. The zero-order valence-corrected chi connectivity index (χ0v) is 6.32. The topological polar surface area (TPSA) is 75.7 Å². The van der Waals surface area contributed by atoms with Crippen LogP contribution in [-0.4, -0.2) is 35.3 Å². The molecule has 2 unspecified atom stereocenters. The molecule has 4 nitrogen and oxygen atoms in total. The lowest BCUT2D eigenvalue weighted by Crippen LogP contribution is -2.36. The van der Waals surface area contributed by atoms with Gasteiger partial charge in [0.1, 0.15) is 0 Å². The van der Waals surface area contributed by atoms with Gasteiger partial charge in [0, 0.05) is 0 Å². The highest BCUT2D eigenvalue weighted by molar-refractivity contribution is 4.57. The lowest BCUT2D eigenvalue weighted by atomic mass is 10.3. The van der Waals surface area contributed by atoms with E-state index in [0.717, 1.165) is 0 Å². The second-order valence-corrected chi connectivity index (χ2v) is 2.38. The molecule has 0 radical (unpaired) electrons. The Morgan fingerprint density at radius 3 is 2.30 bits per heavy atom. The molecule has 0 saturated heterocycles. The number of aliphatic hydroxyl groups excluding tert-OH is 2. The lowest BCUT2D eigenvalue weighted by molar-refractivity contribution is -0.149. The van der Waals surface area contributed by atoms with Gasteiger partial charge < -0.3 is 20.7 Å². The van der Waals surface area contributed by atoms with Crippen LogP contribution in [0.2, 0.25) is 0 Å². The van der Waals surface area contributed by atoms with Crippen LogP contribution >= 0.6 is 0 Å². The number of nitrogens with two attached hydrogens (primary N) is 1. The van der Waals surface area contributed by atoms with E-state index in [1.807, 2.05) is 0 Å². The summed E-state index contributed by atoms with van der Waals surface area (Å²) >= 11 is 0. The van der Waals surface area contributed by atoms with Crippen molar-refractivity contribution >= 4 is 0 Å². The van der Waals surface area contributed by atoms with Crippen molar-refractivity contribution in [2.45, 2.75) is 32.3 Å². The van der Waals surface area contributed by atoms with Gasteiger partial charge in [0.15, 0.2) is 6.29 Å². The first-order valence-corrected chi connectivity index (χ1v) is 3.28. The molecule has 0 aromatic rings. The second-order valence-electron chi connectivity index (χ2n) is 2.38. The van der Waals surface area contributed by atoms with Gasteiger partial charge in [-0.05, 0) is 13.8 Å². The van der Waals surface area contributed by atoms with E-state index in [4.69, 9.17) is 20.7 Å². The van der Waals surface area contributed by atoms with Crippen LogP contribution in [0.15, 0.2) is 0 Å². The molecule has 0 amide bonds. The van der Waals surface area contributed by atoms with E-state index in [-0.39, 0.29) is 12.7 Å². The van der Waals surface area contributed by atoms with Gasteiger partial charge in [0.05, 0.1) is 18.8 Å². The summed E-state index contributed by atoms with van der Waals surface area (Å²) in [7, 11) is 0. The molecular weight excluding hydrogens is 134 g/mol. The van der Waals surface area contributed by atoms with Crippen LogP contribution < -0.4 is 5.73 Å². The van der Waals surface area contributed by atoms with Crippen LogP contribution in [0.4, 0.5) is 0 Å². The number of hydrogen-bond donors (Lipinski definition) is 3. The molecule has 0 aliphatic heterocycles. The van der Waals surface area contributed by atoms with Crippen molar-refractivity contribution in [3.8, 4) is 0 Å². The summed E-state index contributed by atoms with van der Waals surface area (Å²) in [5, 5.41) is 17.5. The fourth-order valence-electron chi connectivity index (χ4n) is 0.405. The Morgan fingerprint density at radius 1 is 1.50 bits per heavy atom. The normalized spacial score (nSPS) is 20.1. The van der Waals surface area contributed by atoms with Crippen LogP contribution in [0.25, 0.3) is 0 Å². The Labute approximate surface area is 60.6 Å². The van der Waals surface area contributed by atoms with Crippen molar-refractivity contribution in [2.24, 2.45) is 5.73 Å². The van der Waals surface area contributed by atoms with Gasteiger partial charge in [-0.3, -0.25) is 0 Å². The highest BCUT2D eigenvalue weighted by Gasteiger charge is 2.12. The van der Waals surface area contributed by atoms with E-state index in [9.17, 15) is 0 Å². The number of aliphatic hydroxyl groups is 2. The zero-order chi connectivity index (χ0) is 8.15. The van der Waals surface area contributed by atoms with Gasteiger partial charge >= 0.3 is 0 Å². The monoisotopic (exact) mass is 149 g/mol. The maximum absolute atomic E-state index is 8.97. The predicted molar refractivity (Wildman–Crippen MR) is 37.3 cm³/mol. The van der Waals surface area contributed by atoms with Crippen molar-refractivity contribution in [3.05, 3.63) is 0 Å². The van der Waals surface area contributed by atoms with Crippen molar-refractivity contribution in [2.75, 3.05) is 6.61 Å². The Morgan fingerprint density at radius 2 is 2.00 bits per heavy atom. The highest BCUT2D eigenvalue weighted by atomic mass is 16.6. The van der Waals surface area contributed by atoms with E-state index in [0.29, 0.717) is 0 Å². The van der Waals surface area contributed by atoms with Gasteiger partial charge in [-0.15, -0.1) is 0 Å². The maximum Gasteiger partial charge on any atom is 0.169 e. The standard InChI is InChI=1S/C6H15NO3/c1-4(3-8)10-6(9)5(2)7/h4-6,8-9H,3,7H2,1-2H3/t4?,5-,6?/m0/s1. The molecule has 0 rings (SSSR count). The van der Waals surface area contributed by atoms with Gasteiger partial charge in [0.25, 0.3) is 0 Å². The van der Waals surface area contributed by atoms with Crippen LogP contribution in [-0.2, 0) is 4.74 Å². The number of ether oxygens (including phenoxy) is 1. The molecule has 10 heavy (non-hydrogen) atoms. The van der Waals surface area contributed by atoms with Gasteiger partial charge in [-0.1, -0.05) is 0 Å². The third-order valence-corrected chi connectivity index (χ3v) is 1.08. The average molecular weight is 149 g/mol. The third-order valence-electron chi connectivity index (χ3n) is 1.08. The van der Waals surface area contributed by atoms with Crippen molar-refractivity contribution in [1.82, 2.24) is 0 Å². The first kappa shape index (κ1) is 9.84. The van der Waals surface area contributed by atoms with E-state index in [1.54, 1.807) is 13.8 Å². The molecule has 0 aromatic heterocycles. The largest absolute Gasteiger partial charge is 0.394 e. The highest BCUT2D eigenvalue weighted by Crippen LogP contribution is 1.97. The summed E-state index contributed by atoms with van der Waals surface area (Å²) in [6.07, 6.45) is -1.34. The maximum atomic E-state index is 8.97. The Balaban J connectivity index is 3.46. The van der Waals surface area contributed by atoms with E-state index in [2.05, 4.69) is 0 Å². The summed E-state index contributed by atoms with van der Waals surface area (Å²) in [5.41, 5.74) is 5.28. The molecule has 0 heterocycles. The Kier molecular flexibility index (Phi) is 4.55. The fraction of sp³-hybridized carbons (Fsp3) is 1.00. The molecule has 0 spiro atoms. The predicted octanol–water partition coefficient (Wildman–Crippen LogP) is -0.951. The molecule has 0 saturated carbocycles. The minimum absolute atomic E-state index is 0.107. The summed E-state index contributed by atoms with van der Waals surface area (Å²) in [4.78, 5) is 0. The summed E-state index contributed by atoms with van der Waals surface area (Å²) in [6.45, 7) is 3.18. The lowest BCUT2D eigenvalue weighted by Gasteiger charge is -2.18. The smallest absolute Gasteiger partial charge is 0.169 e. The first-order chi connectivity index (χ1) is 4.57. The second kappa shape index (κ2) is 4.62. The average Bonchev–Trinajstić information content (AvgIpc) is 1.87. The third kappa shape index (κ3) is 3.79. The quantitative estimate of drug-likeness (QED) is 0.450. The van der Waals surface area contributed by atoms with Gasteiger partial charge in [-0.2, -0.15) is 0 Å². The molecule has 0 aromatic carbocycles. The van der Waals surface area contributed by atoms with E-state index >= 15 is 0 Å². The van der Waals surface area contributed by atoms with Crippen molar-refractivity contribution < 1.29 is 14.9 Å². The van der Waals surface area contributed by atoms with E-state index < -0.39 is 12.3 Å². The molecular formula is C6H15NO3.